The van der Waals surface area contributed by atoms with Crippen LogP contribution in [0.1, 0.15) is 477 Å². The fraction of sp³-hybridized carbons (Fsp3) is 0.964. The van der Waals surface area contributed by atoms with Crippen LogP contribution in [0.15, 0.2) is 12.2 Å². The molecule has 4 heteroatoms. The van der Waals surface area contributed by atoms with Gasteiger partial charge in [-0.25, -0.2) is 0 Å². The lowest BCUT2D eigenvalue weighted by Gasteiger charge is -2.20. The van der Waals surface area contributed by atoms with E-state index >= 15 is 0 Å². The molecule has 520 valence electrons. The number of esters is 1. The lowest BCUT2D eigenvalue weighted by atomic mass is 9.91. The Kier molecular flexibility index (Phi) is 73.4. The number of aliphatic hydroxyl groups excluding tert-OH is 2. The molecule has 0 aromatic rings. The minimum atomic E-state index is -0.558. The van der Waals surface area contributed by atoms with Crippen molar-refractivity contribution in [2.75, 3.05) is 7.11 Å². The van der Waals surface area contributed by atoms with Crippen molar-refractivity contribution in [1.82, 2.24) is 0 Å². The summed E-state index contributed by atoms with van der Waals surface area (Å²) in [5.74, 6) is 0.643. The quantitative estimate of drug-likeness (QED) is 0.0362. The molecule has 0 saturated heterocycles. The summed E-state index contributed by atoms with van der Waals surface area (Å²) in [4.78, 5) is 12.5. The summed E-state index contributed by atoms with van der Waals surface area (Å²) in [7, 11) is 1.48. The molecule has 5 atom stereocenters. The molecule has 0 unspecified atom stereocenters. The van der Waals surface area contributed by atoms with Crippen molar-refractivity contribution in [1.29, 1.82) is 0 Å². The van der Waals surface area contributed by atoms with Gasteiger partial charge < -0.3 is 14.9 Å². The predicted molar refractivity (Wildman–Crippen MR) is 390 cm³/mol. The van der Waals surface area contributed by atoms with E-state index in [9.17, 15) is 15.0 Å². The van der Waals surface area contributed by atoms with Crippen LogP contribution in [0.25, 0.3) is 0 Å². The Morgan fingerprint density at radius 1 is 0.287 bits per heavy atom. The van der Waals surface area contributed by atoms with Gasteiger partial charge in [-0.2, -0.15) is 0 Å². The Bertz CT molecular complexity index is 1300. The molecule has 0 spiro atoms. The van der Waals surface area contributed by atoms with Crippen molar-refractivity contribution in [2.45, 2.75) is 489 Å². The fourth-order valence-corrected chi connectivity index (χ4v) is 14.0. The van der Waals surface area contributed by atoms with Gasteiger partial charge in [0.15, 0.2) is 0 Å². The number of hydrogen-bond acceptors (Lipinski definition) is 4. The first kappa shape index (κ1) is 86.1. The van der Waals surface area contributed by atoms with Gasteiger partial charge in [-0.1, -0.05) is 444 Å². The van der Waals surface area contributed by atoms with Crippen LogP contribution in [0, 0.1) is 17.8 Å². The van der Waals surface area contributed by atoms with Gasteiger partial charge in [0.1, 0.15) is 0 Å². The molecular formula is C83H164O4. The van der Waals surface area contributed by atoms with Crippen molar-refractivity contribution in [3.63, 3.8) is 0 Å². The Labute approximate surface area is 549 Å². The Hall–Kier alpha value is -0.870. The topological polar surface area (TPSA) is 66.8 Å². The number of aliphatic hydroxyl groups is 2. The second-order valence-corrected chi connectivity index (χ2v) is 29.3. The van der Waals surface area contributed by atoms with E-state index in [1.54, 1.807) is 0 Å². The van der Waals surface area contributed by atoms with E-state index in [0.717, 1.165) is 50.9 Å². The summed E-state index contributed by atoms with van der Waals surface area (Å²) in [6, 6.07) is 0. The third-order valence-electron chi connectivity index (χ3n) is 20.5. The molecule has 0 aliphatic rings. The van der Waals surface area contributed by atoms with Gasteiger partial charge >= 0.3 is 5.97 Å². The highest BCUT2D eigenvalue weighted by molar-refractivity contribution is 5.72. The molecule has 0 aromatic carbocycles. The smallest absolute Gasteiger partial charge is 0.311 e. The minimum absolute atomic E-state index is 0.0842. The SMILES string of the molecule is CCCCCCCCCCCCCCCCCCCCCC[C@@H](C(=O)OC)[C@H](O)CCCCCCCCCCCCCCCCC[C@H](C)/C=C/CCCCCCCCCCCCCCC[C@H](O)[C@H](C)CCCCCCCCCCCCCCCCCC. The number of rotatable bonds is 76. The van der Waals surface area contributed by atoms with Crippen LogP contribution in [0.4, 0.5) is 0 Å². The average molecular weight is 1230 g/mol. The molecule has 0 heterocycles. The number of methoxy groups -OCH3 is 1. The number of hydrogen-bond donors (Lipinski definition) is 2. The number of allylic oxidation sites excluding steroid dienone is 2. The van der Waals surface area contributed by atoms with Gasteiger partial charge in [-0.05, 0) is 56.8 Å². The maximum absolute atomic E-state index is 12.5. The van der Waals surface area contributed by atoms with Crippen LogP contribution < -0.4 is 0 Å². The molecule has 0 fully saturated rings. The predicted octanol–water partition coefficient (Wildman–Crippen LogP) is 28.7. The molecule has 0 aliphatic heterocycles. The summed E-state index contributed by atoms with van der Waals surface area (Å²) < 4.78 is 5.12. The molecule has 0 aromatic heterocycles. The molecule has 0 amide bonds. The molecule has 2 N–H and O–H groups in total. The first-order chi connectivity index (χ1) is 42.9. The summed E-state index contributed by atoms with van der Waals surface area (Å²) in [5.41, 5.74) is 0. The van der Waals surface area contributed by atoms with E-state index in [1.165, 1.54) is 412 Å². The first-order valence-corrected chi connectivity index (χ1v) is 41.0. The van der Waals surface area contributed by atoms with Gasteiger partial charge in [0.2, 0.25) is 0 Å². The molecule has 0 bridgehead atoms. The minimum Gasteiger partial charge on any atom is -0.469 e. The highest BCUT2D eigenvalue weighted by Crippen LogP contribution is 2.25. The first-order valence-electron chi connectivity index (χ1n) is 41.0. The number of carbonyl (C=O) groups is 1. The lowest BCUT2D eigenvalue weighted by Crippen LogP contribution is -2.29. The van der Waals surface area contributed by atoms with Crippen molar-refractivity contribution in [3.05, 3.63) is 12.2 Å². The van der Waals surface area contributed by atoms with Crippen LogP contribution in [-0.4, -0.2) is 35.5 Å². The number of ether oxygens (including phenoxy) is 1. The zero-order chi connectivity index (χ0) is 63.1. The second-order valence-electron chi connectivity index (χ2n) is 29.3. The van der Waals surface area contributed by atoms with Crippen molar-refractivity contribution in [3.8, 4) is 0 Å². The average Bonchev–Trinajstić information content (AvgIpc) is 3.56. The van der Waals surface area contributed by atoms with Gasteiger partial charge in [0, 0.05) is 0 Å². The third kappa shape index (κ3) is 67.8. The normalized spacial score (nSPS) is 13.7. The molecular weight excluding hydrogens is 1060 g/mol. The number of carbonyl (C=O) groups excluding carboxylic acids is 1. The maximum Gasteiger partial charge on any atom is 0.311 e. The van der Waals surface area contributed by atoms with Crippen LogP contribution in [0.2, 0.25) is 0 Å². The van der Waals surface area contributed by atoms with Crippen molar-refractivity contribution < 1.29 is 19.7 Å². The summed E-state index contributed by atoms with van der Waals surface area (Å²) in [6.45, 7) is 9.31. The molecule has 0 aliphatic carbocycles. The van der Waals surface area contributed by atoms with Crippen LogP contribution in [-0.2, 0) is 9.53 Å². The van der Waals surface area contributed by atoms with E-state index < -0.39 is 6.10 Å². The summed E-state index contributed by atoms with van der Waals surface area (Å²) >= 11 is 0. The molecule has 87 heavy (non-hydrogen) atoms. The zero-order valence-corrected chi connectivity index (χ0v) is 60.7. The zero-order valence-electron chi connectivity index (χ0n) is 60.7. The molecule has 4 nitrogen and oxygen atoms in total. The molecule has 0 saturated carbocycles. The summed E-state index contributed by atoms with van der Waals surface area (Å²) in [5, 5.41) is 21.7. The monoisotopic (exact) mass is 1230 g/mol. The number of unbranched alkanes of at least 4 members (excludes halogenated alkanes) is 61. The van der Waals surface area contributed by atoms with Crippen LogP contribution in [0.5, 0.6) is 0 Å². The molecule has 0 radical (unpaired) electrons. The van der Waals surface area contributed by atoms with E-state index in [0.29, 0.717) is 5.92 Å². The van der Waals surface area contributed by atoms with Gasteiger partial charge in [0.05, 0.1) is 25.2 Å². The fourth-order valence-electron chi connectivity index (χ4n) is 14.0. The van der Waals surface area contributed by atoms with E-state index in [2.05, 4.69) is 39.8 Å². The Balaban J connectivity index is 3.48. The Morgan fingerprint density at radius 2 is 0.506 bits per heavy atom. The lowest BCUT2D eigenvalue weighted by molar-refractivity contribution is -0.150. The van der Waals surface area contributed by atoms with E-state index in [1.807, 2.05) is 0 Å². The third-order valence-corrected chi connectivity index (χ3v) is 20.5. The molecule has 0 rings (SSSR count). The van der Waals surface area contributed by atoms with Crippen molar-refractivity contribution in [2.24, 2.45) is 17.8 Å². The van der Waals surface area contributed by atoms with Gasteiger partial charge in [-0.15, -0.1) is 0 Å². The highest BCUT2D eigenvalue weighted by Gasteiger charge is 2.27. The van der Waals surface area contributed by atoms with Crippen molar-refractivity contribution >= 4 is 5.97 Å². The largest absolute Gasteiger partial charge is 0.469 e. The van der Waals surface area contributed by atoms with Gasteiger partial charge in [-0.3, -0.25) is 4.79 Å². The van der Waals surface area contributed by atoms with Gasteiger partial charge in [0.25, 0.3) is 0 Å². The Morgan fingerprint density at radius 3 is 0.782 bits per heavy atom. The van der Waals surface area contributed by atoms with E-state index in [4.69, 9.17) is 4.74 Å². The highest BCUT2D eigenvalue weighted by atomic mass is 16.5. The van der Waals surface area contributed by atoms with Crippen LogP contribution >= 0.6 is 0 Å². The second kappa shape index (κ2) is 74.2. The standard InChI is InChI=1S/C83H164O4/c1-6-8-10-12-14-16-18-20-22-24-25-26-27-33-39-45-51-57-63-69-75-80(83(86)87-5)82(85)77-71-65-59-53-47-41-35-29-31-37-43-49-55-61-67-73-78(3)72-66-60-54-48-42-36-30-28-34-40-46-52-58-64-70-76-81(84)79(4)74-68-62-56-50-44-38-32-23-21-19-17-15-13-11-9-7-2/h66,72,78-82,84-85H,6-65,67-71,73-77H2,1-5H3/b72-66+/t78-,79-,80-,81+,82-/m1/s1. The van der Waals surface area contributed by atoms with E-state index in [-0.39, 0.29) is 18.0 Å². The maximum atomic E-state index is 12.5. The van der Waals surface area contributed by atoms with Crippen LogP contribution in [0.3, 0.4) is 0 Å². The summed E-state index contributed by atoms with van der Waals surface area (Å²) in [6.07, 6.45) is 99.1.